The van der Waals surface area contributed by atoms with E-state index in [1.807, 2.05) is 24.3 Å². The summed E-state index contributed by atoms with van der Waals surface area (Å²) in [6, 6.07) is 11.9. The van der Waals surface area contributed by atoms with Gasteiger partial charge in [-0.15, -0.1) is 0 Å². The predicted molar refractivity (Wildman–Crippen MR) is 112 cm³/mol. The average Bonchev–Trinajstić information content (AvgIpc) is 3.24. The maximum absolute atomic E-state index is 13.0. The van der Waals surface area contributed by atoms with Crippen LogP contribution in [0.3, 0.4) is 0 Å². The number of aromatic nitrogens is 2. The normalized spacial score (nSPS) is 11.5. The second-order valence-corrected chi connectivity index (χ2v) is 9.65. The summed E-state index contributed by atoms with van der Waals surface area (Å²) in [6.07, 6.45) is 0. The van der Waals surface area contributed by atoms with Gasteiger partial charge in [-0.2, -0.15) is 0 Å². The molecule has 11 heteroatoms. The zero-order chi connectivity index (χ0) is 20.6. The summed E-state index contributed by atoms with van der Waals surface area (Å²) >= 11 is 2.25. The van der Waals surface area contributed by atoms with Gasteiger partial charge >= 0.3 is 0 Å². The molecule has 2 N–H and O–H groups in total. The first-order valence-corrected chi connectivity index (χ1v) is 11.4. The minimum atomic E-state index is -3.95. The number of halogens is 1. The van der Waals surface area contributed by atoms with E-state index in [1.54, 1.807) is 6.92 Å². The third-order valence-corrected chi connectivity index (χ3v) is 7.37. The minimum Gasteiger partial charge on any atom is -0.297 e. The number of sulfonamides is 1. The van der Waals surface area contributed by atoms with Crippen molar-refractivity contribution in [3.05, 3.63) is 64.9 Å². The SMILES string of the molecule is Cc1nc(NS(=O)(=O)c2ccc(F)cc2)sc1C(=O)Nc1nc2ccccc2s1. The molecule has 2 aromatic heterocycles. The van der Waals surface area contributed by atoms with Crippen LogP contribution in [0.5, 0.6) is 0 Å². The lowest BCUT2D eigenvalue weighted by molar-refractivity contribution is 0.103. The van der Waals surface area contributed by atoms with Crippen molar-refractivity contribution in [3.63, 3.8) is 0 Å². The van der Waals surface area contributed by atoms with Gasteiger partial charge in [0.25, 0.3) is 15.9 Å². The predicted octanol–water partition coefficient (Wildman–Crippen LogP) is 4.25. The number of rotatable bonds is 5. The number of carbonyl (C=O) groups excluding carboxylic acids is 1. The zero-order valence-corrected chi connectivity index (χ0v) is 17.3. The van der Waals surface area contributed by atoms with Crippen LogP contribution in [-0.4, -0.2) is 24.3 Å². The lowest BCUT2D eigenvalue weighted by atomic mass is 10.3. The van der Waals surface area contributed by atoms with Crippen molar-refractivity contribution < 1.29 is 17.6 Å². The number of anilines is 2. The van der Waals surface area contributed by atoms with Crippen LogP contribution in [0.1, 0.15) is 15.4 Å². The van der Waals surface area contributed by atoms with Crippen molar-refractivity contribution in [2.45, 2.75) is 11.8 Å². The number of hydrogen-bond donors (Lipinski definition) is 2. The number of hydrogen-bond acceptors (Lipinski definition) is 7. The lowest BCUT2D eigenvalue weighted by Gasteiger charge is -2.04. The van der Waals surface area contributed by atoms with Gasteiger partial charge in [-0.05, 0) is 43.3 Å². The molecule has 4 rings (SSSR count). The Bertz CT molecular complexity index is 1280. The van der Waals surface area contributed by atoms with Gasteiger partial charge in [-0.1, -0.05) is 34.8 Å². The first kappa shape index (κ1) is 19.4. The average molecular weight is 449 g/mol. The zero-order valence-electron chi connectivity index (χ0n) is 14.8. The Morgan fingerprint density at radius 1 is 1.00 bits per heavy atom. The number of fused-ring (bicyclic) bond motifs is 1. The molecule has 1 amide bonds. The molecule has 148 valence electrons. The summed E-state index contributed by atoms with van der Waals surface area (Å²) in [5.41, 5.74) is 1.16. The van der Waals surface area contributed by atoms with Crippen molar-refractivity contribution in [3.8, 4) is 0 Å². The minimum absolute atomic E-state index is 0.0428. The highest BCUT2D eigenvalue weighted by atomic mass is 32.2. The number of benzene rings is 2. The number of carbonyl (C=O) groups is 1. The topological polar surface area (TPSA) is 101 Å². The second-order valence-electron chi connectivity index (χ2n) is 5.93. The molecule has 0 spiro atoms. The van der Waals surface area contributed by atoms with E-state index in [-0.39, 0.29) is 14.9 Å². The van der Waals surface area contributed by atoms with Gasteiger partial charge in [-0.25, -0.2) is 22.8 Å². The van der Waals surface area contributed by atoms with Crippen LogP contribution in [-0.2, 0) is 10.0 Å². The standard InChI is InChI=1S/C18H13FN4O3S3/c1-10-15(16(24)22-17-21-13-4-2-3-5-14(13)27-17)28-18(20-10)23-29(25,26)12-8-6-11(19)7-9-12/h2-9H,1H3,(H,20,23)(H,21,22,24). The monoisotopic (exact) mass is 448 g/mol. The molecule has 2 heterocycles. The Balaban J connectivity index is 1.54. The van der Waals surface area contributed by atoms with Gasteiger partial charge in [-0.3, -0.25) is 14.8 Å². The van der Waals surface area contributed by atoms with Gasteiger partial charge in [0.15, 0.2) is 10.3 Å². The van der Waals surface area contributed by atoms with Gasteiger partial charge in [0, 0.05) is 0 Å². The lowest BCUT2D eigenvalue weighted by Crippen LogP contribution is -2.12. The summed E-state index contributed by atoms with van der Waals surface area (Å²) in [5, 5.41) is 3.21. The van der Waals surface area contributed by atoms with Crippen molar-refractivity contribution in [1.82, 2.24) is 9.97 Å². The summed E-state index contributed by atoms with van der Waals surface area (Å²) < 4.78 is 41.1. The van der Waals surface area contributed by atoms with Gasteiger partial charge < -0.3 is 0 Å². The van der Waals surface area contributed by atoms with E-state index in [2.05, 4.69) is 20.0 Å². The molecule has 0 fully saturated rings. The largest absolute Gasteiger partial charge is 0.297 e. The molecule has 0 bridgehead atoms. The number of thiazole rings is 2. The molecular weight excluding hydrogens is 435 g/mol. The molecule has 0 unspecified atom stereocenters. The van der Waals surface area contributed by atoms with Crippen LogP contribution in [0.15, 0.2) is 53.4 Å². The fraction of sp³-hybridized carbons (Fsp3) is 0.0556. The van der Waals surface area contributed by atoms with Gasteiger partial charge in [0.05, 0.1) is 20.8 Å². The Kier molecular flexibility index (Phi) is 5.03. The fourth-order valence-electron chi connectivity index (χ4n) is 2.52. The van der Waals surface area contributed by atoms with E-state index >= 15 is 0 Å². The van der Waals surface area contributed by atoms with Crippen molar-refractivity contribution in [2.75, 3.05) is 10.0 Å². The Labute approximate surface area is 173 Å². The van der Waals surface area contributed by atoms with Gasteiger partial charge in [0.2, 0.25) is 0 Å². The molecule has 29 heavy (non-hydrogen) atoms. The Morgan fingerprint density at radius 3 is 2.45 bits per heavy atom. The van der Waals surface area contributed by atoms with E-state index in [9.17, 15) is 17.6 Å². The molecule has 0 saturated heterocycles. The first-order chi connectivity index (χ1) is 13.8. The van der Waals surface area contributed by atoms with Crippen molar-refractivity contribution in [2.24, 2.45) is 0 Å². The maximum atomic E-state index is 13.0. The van der Waals surface area contributed by atoms with Crippen LogP contribution in [0, 0.1) is 12.7 Å². The third kappa shape index (κ3) is 4.11. The molecule has 7 nitrogen and oxygen atoms in total. The van der Waals surface area contributed by atoms with E-state index in [0.29, 0.717) is 10.8 Å². The van der Waals surface area contributed by atoms with E-state index < -0.39 is 21.7 Å². The van der Waals surface area contributed by atoms with Crippen molar-refractivity contribution >= 4 is 59.1 Å². The van der Waals surface area contributed by atoms with E-state index in [4.69, 9.17) is 0 Å². The molecule has 2 aromatic carbocycles. The van der Waals surface area contributed by atoms with E-state index in [0.717, 1.165) is 45.8 Å². The molecule has 0 atom stereocenters. The Morgan fingerprint density at radius 2 is 1.72 bits per heavy atom. The van der Waals surface area contributed by atoms with Crippen LogP contribution in [0.25, 0.3) is 10.2 Å². The summed E-state index contributed by atoms with van der Waals surface area (Å²) in [4.78, 5) is 21.2. The third-order valence-electron chi connectivity index (χ3n) is 3.86. The maximum Gasteiger partial charge on any atom is 0.269 e. The number of nitrogens with one attached hydrogen (secondary N) is 2. The summed E-state index contributed by atoms with van der Waals surface area (Å²) in [6.45, 7) is 1.61. The van der Waals surface area contributed by atoms with Crippen molar-refractivity contribution in [1.29, 1.82) is 0 Å². The highest BCUT2D eigenvalue weighted by Gasteiger charge is 2.21. The molecule has 0 radical (unpaired) electrons. The molecule has 0 aliphatic carbocycles. The number of aryl methyl sites for hydroxylation is 1. The first-order valence-electron chi connectivity index (χ1n) is 8.24. The Hall–Kier alpha value is -2.89. The number of nitrogens with zero attached hydrogens (tertiary/aromatic N) is 2. The van der Waals surface area contributed by atoms with E-state index in [1.165, 1.54) is 11.3 Å². The van der Waals surface area contributed by atoms with Crippen LogP contribution in [0.2, 0.25) is 0 Å². The number of para-hydroxylation sites is 1. The highest BCUT2D eigenvalue weighted by Crippen LogP contribution is 2.29. The quantitative estimate of drug-likeness (QED) is 0.475. The molecular formula is C18H13FN4O3S3. The second kappa shape index (κ2) is 7.50. The van der Waals surface area contributed by atoms with Crippen LogP contribution >= 0.6 is 22.7 Å². The molecule has 4 aromatic rings. The smallest absolute Gasteiger partial charge is 0.269 e. The number of amides is 1. The van der Waals surface area contributed by atoms with Crippen LogP contribution in [0.4, 0.5) is 14.7 Å². The van der Waals surface area contributed by atoms with Crippen LogP contribution < -0.4 is 10.0 Å². The van der Waals surface area contributed by atoms with Gasteiger partial charge in [0.1, 0.15) is 10.7 Å². The molecule has 0 aliphatic heterocycles. The summed E-state index contributed by atoms with van der Waals surface area (Å²) in [5.74, 6) is -0.964. The summed E-state index contributed by atoms with van der Waals surface area (Å²) in [7, 11) is -3.95. The molecule has 0 saturated carbocycles. The fourth-order valence-corrected chi connectivity index (χ4v) is 5.48. The highest BCUT2D eigenvalue weighted by molar-refractivity contribution is 7.93. The molecule has 0 aliphatic rings.